The monoisotopic (exact) mass is 261 g/mol. The van der Waals surface area contributed by atoms with Gasteiger partial charge in [0.15, 0.2) is 0 Å². The van der Waals surface area contributed by atoms with Gasteiger partial charge in [0.05, 0.1) is 38.0 Å². The molecule has 2 saturated heterocycles. The zero-order valence-corrected chi connectivity index (χ0v) is 11.2. The van der Waals surface area contributed by atoms with E-state index in [2.05, 4.69) is 12.2 Å². The highest BCUT2D eigenvalue weighted by atomic mass is 16.2. The van der Waals surface area contributed by atoms with Crippen molar-refractivity contribution in [3.05, 3.63) is 12.2 Å². The van der Waals surface area contributed by atoms with E-state index in [-0.39, 0.29) is 23.7 Å². The van der Waals surface area contributed by atoms with Gasteiger partial charge in [-0.25, -0.2) is 0 Å². The van der Waals surface area contributed by atoms with Gasteiger partial charge in [-0.1, -0.05) is 12.2 Å². The van der Waals surface area contributed by atoms with Crippen LogP contribution in [-0.4, -0.2) is 42.9 Å². The minimum absolute atomic E-state index is 0.0175. The lowest BCUT2D eigenvalue weighted by Gasteiger charge is -2.19. The molecule has 2 heterocycles. The number of nitrogens with zero attached hydrogens (tertiary/aromatic N) is 1. The Hall–Kier alpha value is -1.16. The van der Waals surface area contributed by atoms with Crippen LogP contribution < -0.4 is 4.90 Å². The number of likely N-dealkylation sites (tertiary alicyclic amines) is 2. The van der Waals surface area contributed by atoms with Crippen LogP contribution in [0.5, 0.6) is 0 Å². The third kappa shape index (κ3) is 1.62. The van der Waals surface area contributed by atoms with E-state index in [9.17, 15) is 9.59 Å². The summed E-state index contributed by atoms with van der Waals surface area (Å²) in [5.74, 6) is 0.884. The summed E-state index contributed by atoms with van der Waals surface area (Å²) in [5.41, 5.74) is 0. The summed E-state index contributed by atoms with van der Waals surface area (Å²) in [4.78, 5) is 28.0. The van der Waals surface area contributed by atoms with Crippen LogP contribution in [0.1, 0.15) is 19.3 Å². The molecule has 4 nitrogen and oxygen atoms in total. The first-order chi connectivity index (χ1) is 9.25. The molecule has 2 aliphatic heterocycles. The topological polar surface area (TPSA) is 41.8 Å². The quantitative estimate of drug-likeness (QED) is 0.548. The second-order valence-corrected chi connectivity index (χ2v) is 6.54. The van der Waals surface area contributed by atoms with E-state index in [4.69, 9.17) is 0 Å². The molecule has 2 aliphatic carbocycles. The lowest BCUT2D eigenvalue weighted by Crippen LogP contribution is -3.10. The first kappa shape index (κ1) is 11.6. The summed E-state index contributed by atoms with van der Waals surface area (Å²) in [6.07, 6.45) is 7.92. The number of carbonyl (C=O) groups excluding carboxylic acids is 2. The van der Waals surface area contributed by atoms with Crippen molar-refractivity contribution in [3.63, 3.8) is 0 Å². The van der Waals surface area contributed by atoms with Crippen LogP contribution in [0.2, 0.25) is 0 Å². The molecule has 0 unspecified atom stereocenters. The Labute approximate surface area is 113 Å². The number of rotatable bonds is 3. The van der Waals surface area contributed by atoms with Crippen molar-refractivity contribution in [2.24, 2.45) is 23.7 Å². The van der Waals surface area contributed by atoms with E-state index in [0.29, 0.717) is 18.4 Å². The zero-order chi connectivity index (χ0) is 13.0. The van der Waals surface area contributed by atoms with Crippen LogP contribution in [0.3, 0.4) is 0 Å². The predicted molar refractivity (Wildman–Crippen MR) is 69.2 cm³/mol. The van der Waals surface area contributed by atoms with Crippen molar-refractivity contribution in [3.8, 4) is 0 Å². The molecule has 4 aliphatic rings. The lowest BCUT2D eigenvalue weighted by atomic mass is 9.85. The van der Waals surface area contributed by atoms with Crippen molar-refractivity contribution in [2.45, 2.75) is 19.3 Å². The highest BCUT2D eigenvalue weighted by Gasteiger charge is 2.59. The molecular formula is C15H21N2O2+. The molecule has 0 radical (unpaired) electrons. The fourth-order valence-electron chi connectivity index (χ4n) is 4.58. The molecular weight excluding hydrogens is 240 g/mol. The van der Waals surface area contributed by atoms with Gasteiger partial charge in [-0.3, -0.25) is 14.5 Å². The van der Waals surface area contributed by atoms with E-state index in [1.807, 2.05) is 0 Å². The number of nitrogens with one attached hydrogen (secondary N) is 1. The van der Waals surface area contributed by atoms with Gasteiger partial charge in [-0.2, -0.15) is 0 Å². The second-order valence-electron chi connectivity index (χ2n) is 6.54. The number of carbonyl (C=O) groups is 2. The Bertz CT molecular complexity index is 423. The molecule has 19 heavy (non-hydrogen) atoms. The number of imide groups is 1. The maximum atomic E-state index is 12.5. The molecule has 4 heteroatoms. The summed E-state index contributed by atoms with van der Waals surface area (Å²) in [7, 11) is 0. The van der Waals surface area contributed by atoms with Crippen LogP contribution in [0.25, 0.3) is 0 Å². The van der Waals surface area contributed by atoms with Gasteiger partial charge in [0, 0.05) is 12.8 Å². The van der Waals surface area contributed by atoms with Crippen LogP contribution in [0.4, 0.5) is 0 Å². The molecule has 2 bridgehead atoms. The maximum absolute atomic E-state index is 12.5. The number of quaternary nitrogens is 1. The largest absolute Gasteiger partial charge is 0.333 e. The number of amides is 2. The molecule has 102 valence electrons. The van der Waals surface area contributed by atoms with E-state index in [1.165, 1.54) is 25.9 Å². The van der Waals surface area contributed by atoms with Gasteiger partial charge >= 0.3 is 0 Å². The summed E-state index contributed by atoms with van der Waals surface area (Å²) < 4.78 is 0. The normalized spacial score (nSPS) is 40.7. The molecule has 1 saturated carbocycles. The Kier molecular flexibility index (Phi) is 2.56. The number of allylic oxidation sites excluding steroid dienone is 2. The molecule has 0 aromatic rings. The smallest absolute Gasteiger partial charge is 0.233 e. The number of hydrogen-bond acceptors (Lipinski definition) is 2. The van der Waals surface area contributed by atoms with E-state index >= 15 is 0 Å². The third-order valence-electron chi connectivity index (χ3n) is 5.56. The van der Waals surface area contributed by atoms with Crippen molar-refractivity contribution in [2.75, 3.05) is 26.2 Å². The van der Waals surface area contributed by atoms with Crippen molar-refractivity contribution in [1.82, 2.24) is 4.90 Å². The van der Waals surface area contributed by atoms with E-state index in [1.54, 1.807) is 9.80 Å². The van der Waals surface area contributed by atoms with Crippen LogP contribution in [0.15, 0.2) is 12.2 Å². The fourth-order valence-corrected chi connectivity index (χ4v) is 4.58. The lowest BCUT2D eigenvalue weighted by molar-refractivity contribution is -0.886. The van der Waals surface area contributed by atoms with Gasteiger partial charge in [-0.05, 0) is 18.3 Å². The Morgan fingerprint density at radius 2 is 1.63 bits per heavy atom. The minimum atomic E-state index is -0.0175. The van der Waals surface area contributed by atoms with Gasteiger partial charge in [0.25, 0.3) is 0 Å². The first-order valence-corrected chi connectivity index (χ1v) is 7.63. The van der Waals surface area contributed by atoms with Gasteiger partial charge in [0.2, 0.25) is 11.8 Å². The highest BCUT2D eigenvalue weighted by molar-refractivity contribution is 6.06. The van der Waals surface area contributed by atoms with Gasteiger partial charge in [0.1, 0.15) is 0 Å². The van der Waals surface area contributed by atoms with Crippen LogP contribution in [0, 0.1) is 23.7 Å². The fraction of sp³-hybridized carbons (Fsp3) is 0.733. The number of fused-ring (bicyclic) bond motifs is 5. The number of hydrogen-bond donors (Lipinski definition) is 1. The average Bonchev–Trinajstić information content (AvgIpc) is 3.14. The van der Waals surface area contributed by atoms with Gasteiger partial charge in [-0.15, -0.1) is 0 Å². The van der Waals surface area contributed by atoms with E-state index < -0.39 is 0 Å². The second kappa shape index (κ2) is 4.17. The van der Waals surface area contributed by atoms with Crippen molar-refractivity contribution < 1.29 is 14.5 Å². The Morgan fingerprint density at radius 3 is 2.21 bits per heavy atom. The molecule has 4 atom stereocenters. The molecule has 1 N–H and O–H groups in total. The molecule has 2 amide bonds. The van der Waals surface area contributed by atoms with Gasteiger partial charge < -0.3 is 4.90 Å². The van der Waals surface area contributed by atoms with Crippen LogP contribution in [-0.2, 0) is 9.59 Å². The summed E-state index contributed by atoms with van der Waals surface area (Å²) >= 11 is 0. The SMILES string of the molecule is O=C1[C@@H]2[C@H](C(=O)N1CC[NH+]1CCCC1)[C@@H]1C=C[C@H]2C1. The minimum Gasteiger partial charge on any atom is -0.333 e. The Morgan fingerprint density at radius 1 is 1.05 bits per heavy atom. The van der Waals surface area contributed by atoms with Crippen molar-refractivity contribution in [1.29, 1.82) is 0 Å². The molecule has 4 rings (SSSR count). The summed E-state index contributed by atoms with van der Waals surface area (Å²) in [5, 5.41) is 0. The zero-order valence-electron chi connectivity index (χ0n) is 11.2. The van der Waals surface area contributed by atoms with Crippen LogP contribution >= 0.6 is 0 Å². The van der Waals surface area contributed by atoms with E-state index in [0.717, 1.165) is 13.0 Å². The third-order valence-corrected chi connectivity index (χ3v) is 5.56. The maximum Gasteiger partial charge on any atom is 0.233 e. The molecule has 0 aromatic carbocycles. The predicted octanol–water partition coefficient (Wildman–Crippen LogP) is -0.528. The molecule has 0 spiro atoms. The molecule has 0 aromatic heterocycles. The molecule has 3 fully saturated rings. The first-order valence-electron chi connectivity index (χ1n) is 7.63. The standard InChI is InChI=1S/C15H20N2O2/c18-14-12-10-3-4-11(9-10)13(12)15(19)17(14)8-7-16-5-1-2-6-16/h3-4,10-13H,1-2,5-9H2/p+1/t10-,11+,12-,13+. The summed E-state index contributed by atoms with van der Waals surface area (Å²) in [6.45, 7) is 3.99. The van der Waals surface area contributed by atoms with Crippen molar-refractivity contribution >= 4 is 11.8 Å². The Balaban J connectivity index is 1.46. The summed E-state index contributed by atoms with van der Waals surface area (Å²) in [6, 6.07) is 0. The average molecular weight is 261 g/mol. The highest BCUT2D eigenvalue weighted by Crippen LogP contribution is 2.52.